The maximum absolute atomic E-state index is 12.1. The monoisotopic (exact) mass is 298 g/mol. The van der Waals surface area contributed by atoms with Gasteiger partial charge in [0.1, 0.15) is 5.75 Å². The standard InChI is InChI=1S/C14H19BrO2/c1-9(15)13(16)11-8-10(14(2,3)4)6-7-12(11)17-5/h6-9H,1-5H3. The lowest BCUT2D eigenvalue weighted by Gasteiger charge is -2.21. The zero-order valence-electron chi connectivity index (χ0n) is 11.0. The first kappa shape index (κ1) is 14.2. The van der Waals surface area contributed by atoms with Crippen molar-refractivity contribution in [2.75, 3.05) is 7.11 Å². The van der Waals surface area contributed by atoms with E-state index in [1.807, 2.05) is 25.1 Å². The van der Waals surface area contributed by atoms with Crippen LogP contribution in [0.2, 0.25) is 0 Å². The highest BCUT2D eigenvalue weighted by Crippen LogP contribution is 2.29. The van der Waals surface area contributed by atoms with Crippen molar-refractivity contribution in [2.45, 2.75) is 37.9 Å². The number of alkyl halides is 1. The van der Waals surface area contributed by atoms with E-state index >= 15 is 0 Å². The molecule has 0 aliphatic rings. The number of halogens is 1. The fourth-order valence-electron chi connectivity index (χ4n) is 1.58. The van der Waals surface area contributed by atoms with Crippen molar-refractivity contribution in [1.82, 2.24) is 0 Å². The first-order chi connectivity index (χ1) is 7.77. The van der Waals surface area contributed by atoms with Crippen molar-refractivity contribution in [3.63, 3.8) is 0 Å². The number of Topliss-reactive ketones (excluding diaryl/α,β-unsaturated/α-hetero) is 1. The lowest BCUT2D eigenvalue weighted by atomic mass is 9.85. The summed E-state index contributed by atoms with van der Waals surface area (Å²) in [5.41, 5.74) is 1.80. The van der Waals surface area contributed by atoms with Crippen LogP contribution < -0.4 is 4.74 Å². The Bertz CT molecular complexity index is 417. The van der Waals surface area contributed by atoms with Gasteiger partial charge in [-0.2, -0.15) is 0 Å². The molecule has 0 aliphatic heterocycles. The fourth-order valence-corrected chi connectivity index (χ4v) is 1.83. The SMILES string of the molecule is COc1ccc(C(C)(C)C)cc1C(=O)C(C)Br. The lowest BCUT2D eigenvalue weighted by Crippen LogP contribution is -2.16. The van der Waals surface area contributed by atoms with Crippen LogP contribution in [0.3, 0.4) is 0 Å². The molecule has 3 heteroatoms. The average Bonchev–Trinajstić information content (AvgIpc) is 2.25. The van der Waals surface area contributed by atoms with E-state index in [2.05, 4.69) is 36.7 Å². The van der Waals surface area contributed by atoms with Gasteiger partial charge in [0.2, 0.25) is 0 Å². The van der Waals surface area contributed by atoms with E-state index in [1.54, 1.807) is 7.11 Å². The van der Waals surface area contributed by atoms with E-state index in [0.717, 1.165) is 5.56 Å². The summed E-state index contributed by atoms with van der Waals surface area (Å²) >= 11 is 3.31. The molecule has 0 aromatic heterocycles. The normalized spacial score (nSPS) is 13.3. The summed E-state index contributed by atoms with van der Waals surface area (Å²) < 4.78 is 5.24. The van der Waals surface area contributed by atoms with Crippen molar-refractivity contribution in [3.05, 3.63) is 29.3 Å². The van der Waals surface area contributed by atoms with Gasteiger partial charge < -0.3 is 4.74 Å². The first-order valence-corrected chi connectivity index (χ1v) is 6.55. The van der Waals surface area contributed by atoms with Crippen LogP contribution in [0.25, 0.3) is 0 Å². The molecule has 1 atom stereocenters. The van der Waals surface area contributed by atoms with Crippen molar-refractivity contribution >= 4 is 21.7 Å². The third kappa shape index (κ3) is 3.32. The largest absolute Gasteiger partial charge is 0.496 e. The number of hydrogen-bond acceptors (Lipinski definition) is 2. The summed E-state index contributed by atoms with van der Waals surface area (Å²) in [7, 11) is 1.59. The molecule has 1 aromatic rings. The van der Waals surface area contributed by atoms with Gasteiger partial charge >= 0.3 is 0 Å². The number of carbonyl (C=O) groups excluding carboxylic acids is 1. The number of hydrogen-bond donors (Lipinski definition) is 0. The van der Waals surface area contributed by atoms with Crippen LogP contribution in [-0.2, 0) is 5.41 Å². The highest BCUT2D eigenvalue weighted by molar-refractivity contribution is 9.10. The Hall–Kier alpha value is -0.830. The van der Waals surface area contributed by atoms with Gasteiger partial charge in [-0.1, -0.05) is 42.8 Å². The third-order valence-electron chi connectivity index (χ3n) is 2.69. The molecule has 94 valence electrons. The predicted octanol–water partition coefficient (Wildman–Crippen LogP) is 3.96. The van der Waals surface area contributed by atoms with Gasteiger partial charge in [0.05, 0.1) is 17.5 Å². The number of rotatable bonds is 3. The number of methoxy groups -OCH3 is 1. The second kappa shape index (κ2) is 5.21. The van der Waals surface area contributed by atoms with Crippen LogP contribution in [0.4, 0.5) is 0 Å². The Morgan fingerprint density at radius 1 is 1.35 bits per heavy atom. The van der Waals surface area contributed by atoms with E-state index < -0.39 is 0 Å². The number of ether oxygens (including phenoxy) is 1. The van der Waals surface area contributed by atoms with Crippen LogP contribution >= 0.6 is 15.9 Å². The van der Waals surface area contributed by atoms with Gasteiger partial charge in [-0.15, -0.1) is 0 Å². The molecule has 0 aliphatic carbocycles. The third-order valence-corrected chi connectivity index (χ3v) is 3.11. The summed E-state index contributed by atoms with van der Waals surface area (Å²) in [6.45, 7) is 8.20. The Labute approximate surface area is 111 Å². The van der Waals surface area contributed by atoms with E-state index in [-0.39, 0.29) is 16.0 Å². The van der Waals surface area contributed by atoms with Crippen molar-refractivity contribution in [2.24, 2.45) is 0 Å². The maximum atomic E-state index is 12.1. The van der Waals surface area contributed by atoms with E-state index in [0.29, 0.717) is 11.3 Å². The minimum atomic E-state index is -0.202. The Morgan fingerprint density at radius 2 is 1.94 bits per heavy atom. The van der Waals surface area contributed by atoms with Crippen LogP contribution in [0.1, 0.15) is 43.6 Å². The predicted molar refractivity (Wildman–Crippen MR) is 74.4 cm³/mol. The van der Waals surface area contributed by atoms with Crippen LogP contribution in [0.5, 0.6) is 5.75 Å². The van der Waals surface area contributed by atoms with Gasteiger partial charge in [-0.3, -0.25) is 4.79 Å². The molecule has 0 fully saturated rings. The molecule has 0 heterocycles. The molecular weight excluding hydrogens is 280 g/mol. The molecule has 1 rings (SSSR count). The van der Waals surface area contributed by atoms with Gasteiger partial charge in [-0.05, 0) is 30.0 Å². The first-order valence-electron chi connectivity index (χ1n) is 5.64. The molecular formula is C14H19BrO2. The molecule has 0 bridgehead atoms. The van der Waals surface area contributed by atoms with Crippen molar-refractivity contribution in [1.29, 1.82) is 0 Å². The second-order valence-corrected chi connectivity index (χ2v) is 6.52. The second-order valence-electron chi connectivity index (χ2n) is 5.15. The lowest BCUT2D eigenvalue weighted by molar-refractivity contribution is 0.0993. The summed E-state index contributed by atoms with van der Waals surface area (Å²) in [6.07, 6.45) is 0. The van der Waals surface area contributed by atoms with Gasteiger partial charge in [0.15, 0.2) is 5.78 Å². The van der Waals surface area contributed by atoms with Crippen molar-refractivity contribution < 1.29 is 9.53 Å². The summed E-state index contributed by atoms with van der Waals surface area (Å²) in [4.78, 5) is 11.9. The Balaban J connectivity index is 3.30. The summed E-state index contributed by atoms with van der Waals surface area (Å²) in [5.74, 6) is 0.683. The zero-order chi connectivity index (χ0) is 13.2. The molecule has 2 nitrogen and oxygen atoms in total. The summed E-state index contributed by atoms with van der Waals surface area (Å²) in [6, 6.07) is 5.80. The number of benzene rings is 1. The van der Waals surface area contributed by atoms with Crippen LogP contribution in [-0.4, -0.2) is 17.7 Å². The van der Waals surface area contributed by atoms with E-state index in [4.69, 9.17) is 4.74 Å². The van der Waals surface area contributed by atoms with Crippen LogP contribution in [0, 0.1) is 0 Å². The molecule has 0 saturated heterocycles. The quantitative estimate of drug-likeness (QED) is 0.624. The van der Waals surface area contributed by atoms with Crippen molar-refractivity contribution in [3.8, 4) is 5.75 Å². The number of carbonyl (C=O) groups is 1. The molecule has 0 saturated carbocycles. The molecule has 0 N–H and O–H groups in total. The minimum absolute atomic E-state index is 0.0247. The Kier molecular flexibility index (Phi) is 4.36. The molecule has 0 radical (unpaired) electrons. The topological polar surface area (TPSA) is 26.3 Å². The molecule has 1 unspecified atom stereocenters. The molecule has 0 amide bonds. The molecule has 17 heavy (non-hydrogen) atoms. The average molecular weight is 299 g/mol. The maximum Gasteiger partial charge on any atom is 0.179 e. The smallest absolute Gasteiger partial charge is 0.179 e. The highest BCUT2D eigenvalue weighted by atomic mass is 79.9. The summed E-state index contributed by atoms with van der Waals surface area (Å²) in [5, 5.41) is 0. The van der Waals surface area contributed by atoms with Gasteiger partial charge in [-0.25, -0.2) is 0 Å². The minimum Gasteiger partial charge on any atom is -0.496 e. The highest BCUT2D eigenvalue weighted by Gasteiger charge is 2.21. The Morgan fingerprint density at radius 3 is 2.35 bits per heavy atom. The molecule has 1 aromatic carbocycles. The fraction of sp³-hybridized carbons (Fsp3) is 0.500. The van der Waals surface area contributed by atoms with E-state index in [9.17, 15) is 4.79 Å². The van der Waals surface area contributed by atoms with Gasteiger partial charge in [0, 0.05) is 0 Å². The molecule has 0 spiro atoms. The van der Waals surface area contributed by atoms with Gasteiger partial charge in [0.25, 0.3) is 0 Å². The van der Waals surface area contributed by atoms with Crippen LogP contribution in [0.15, 0.2) is 18.2 Å². The zero-order valence-corrected chi connectivity index (χ0v) is 12.6. The van der Waals surface area contributed by atoms with E-state index in [1.165, 1.54) is 0 Å². The number of ketones is 1.